The molecule has 0 radical (unpaired) electrons. The number of likely N-dealkylation sites (N-methyl/N-ethyl adjacent to an activating group) is 1. The van der Waals surface area contributed by atoms with Crippen LogP contribution in [0.3, 0.4) is 0 Å². The molecule has 1 heterocycles. The quantitative estimate of drug-likeness (QED) is 0.760. The molecule has 1 aliphatic rings. The van der Waals surface area contributed by atoms with E-state index in [9.17, 15) is 0 Å². The number of ether oxygens (including phenoxy) is 1. The molecule has 1 fully saturated rings. The van der Waals surface area contributed by atoms with Crippen molar-refractivity contribution >= 4 is 0 Å². The average Bonchev–Trinajstić information content (AvgIpc) is 2.39. The molecule has 2 N–H and O–H groups in total. The van der Waals surface area contributed by atoms with Gasteiger partial charge < -0.3 is 15.4 Å². The van der Waals surface area contributed by atoms with Crippen molar-refractivity contribution in [1.29, 1.82) is 0 Å². The van der Waals surface area contributed by atoms with Crippen molar-refractivity contribution in [3.8, 4) is 0 Å². The molecule has 0 aromatic carbocycles. The Hall–Kier alpha value is -0.160. The molecule has 0 spiro atoms. The van der Waals surface area contributed by atoms with Gasteiger partial charge in [0.15, 0.2) is 0 Å². The summed E-state index contributed by atoms with van der Waals surface area (Å²) >= 11 is 0. The molecule has 0 bridgehead atoms. The van der Waals surface area contributed by atoms with Gasteiger partial charge in [-0.15, -0.1) is 0 Å². The number of nitrogens with zero attached hydrogens (tertiary/aromatic N) is 2. The zero-order valence-electron chi connectivity index (χ0n) is 13.5. The normalized spacial score (nSPS) is 22.1. The van der Waals surface area contributed by atoms with Crippen molar-refractivity contribution < 1.29 is 4.74 Å². The average molecular weight is 271 g/mol. The Morgan fingerprint density at radius 3 is 2.26 bits per heavy atom. The van der Waals surface area contributed by atoms with Crippen LogP contribution in [0.2, 0.25) is 0 Å². The van der Waals surface area contributed by atoms with Crippen molar-refractivity contribution in [2.75, 3.05) is 46.9 Å². The second kappa shape index (κ2) is 7.58. The fourth-order valence-electron chi connectivity index (χ4n) is 3.19. The minimum absolute atomic E-state index is 0.158. The van der Waals surface area contributed by atoms with E-state index in [4.69, 9.17) is 10.5 Å². The monoisotopic (exact) mass is 271 g/mol. The Labute approximate surface area is 119 Å². The predicted molar refractivity (Wildman–Crippen MR) is 81.4 cm³/mol. The lowest BCUT2D eigenvalue weighted by atomic mass is 9.84. The van der Waals surface area contributed by atoms with E-state index in [1.165, 1.54) is 32.5 Å². The van der Waals surface area contributed by atoms with E-state index < -0.39 is 0 Å². The number of nitrogens with two attached hydrogens (primary N) is 1. The first-order valence-corrected chi connectivity index (χ1v) is 7.59. The summed E-state index contributed by atoms with van der Waals surface area (Å²) in [6.45, 7) is 11.9. The Kier molecular flexibility index (Phi) is 6.74. The third-order valence-corrected chi connectivity index (χ3v) is 4.61. The van der Waals surface area contributed by atoms with E-state index in [0.29, 0.717) is 6.04 Å². The van der Waals surface area contributed by atoms with Gasteiger partial charge in [0.05, 0.1) is 6.61 Å². The molecule has 114 valence electrons. The SMILES string of the molecule is COCC(C)N(C)C1(CN)CCN(CC(C)C)CC1. The summed E-state index contributed by atoms with van der Waals surface area (Å²) in [6, 6.07) is 0.421. The van der Waals surface area contributed by atoms with E-state index in [2.05, 4.69) is 37.6 Å². The van der Waals surface area contributed by atoms with E-state index >= 15 is 0 Å². The van der Waals surface area contributed by atoms with E-state index in [0.717, 1.165) is 19.1 Å². The molecule has 0 amide bonds. The van der Waals surface area contributed by atoms with E-state index in [1.807, 2.05) is 0 Å². The number of methoxy groups -OCH3 is 1. The Bertz CT molecular complexity index is 250. The molecule has 0 saturated carbocycles. The van der Waals surface area contributed by atoms with Crippen molar-refractivity contribution in [3.05, 3.63) is 0 Å². The summed E-state index contributed by atoms with van der Waals surface area (Å²) < 4.78 is 5.29. The van der Waals surface area contributed by atoms with Gasteiger partial charge in [-0.3, -0.25) is 4.90 Å². The van der Waals surface area contributed by atoms with Gasteiger partial charge >= 0.3 is 0 Å². The zero-order valence-corrected chi connectivity index (χ0v) is 13.5. The van der Waals surface area contributed by atoms with Crippen molar-refractivity contribution in [3.63, 3.8) is 0 Å². The molecule has 0 aliphatic carbocycles. The predicted octanol–water partition coefficient (Wildman–Crippen LogP) is 1.40. The lowest BCUT2D eigenvalue weighted by Gasteiger charge is -2.49. The topological polar surface area (TPSA) is 41.7 Å². The van der Waals surface area contributed by atoms with Crippen LogP contribution in [0.1, 0.15) is 33.6 Å². The molecule has 4 nitrogen and oxygen atoms in total. The number of likely N-dealkylation sites (tertiary alicyclic amines) is 1. The van der Waals surface area contributed by atoms with E-state index in [-0.39, 0.29) is 5.54 Å². The minimum Gasteiger partial charge on any atom is -0.383 e. The van der Waals surface area contributed by atoms with Crippen LogP contribution < -0.4 is 5.73 Å². The highest BCUT2D eigenvalue weighted by Gasteiger charge is 2.38. The molecule has 19 heavy (non-hydrogen) atoms. The van der Waals surface area contributed by atoms with Gasteiger partial charge in [0.25, 0.3) is 0 Å². The third-order valence-electron chi connectivity index (χ3n) is 4.61. The van der Waals surface area contributed by atoms with Crippen molar-refractivity contribution in [2.45, 2.75) is 45.2 Å². The van der Waals surface area contributed by atoms with Gasteiger partial charge in [-0.05, 0) is 45.8 Å². The molecule has 0 aromatic heterocycles. The molecule has 1 rings (SSSR count). The zero-order chi connectivity index (χ0) is 14.5. The van der Waals surface area contributed by atoms with Crippen molar-refractivity contribution in [1.82, 2.24) is 9.80 Å². The summed E-state index contributed by atoms with van der Waals surface area (Å²) in [7, 11) is 3.97. The number of hydrogen-bond donors (Lipinski definition) is 1. The highest BCUT2D eigenvalue weighted by atomic mass is 16.5. The van der Waals surface area contributed by atoms with Crippen LogP contribution in [0.4, 0.5) is 0 Å². The van der Waals surface area contributed by atoms with Crippen LogP contribution in [0.25, 0.3) is 0 Å². The highest BCUT2D eigenvalue weighted by Crippen LogP contribution is 2.29. The summed E-state index contributed by atoms with van der Waals surface area (Å²) in [5, 5.41) is 0. The second-order valence-electron chi connectivity index (χ2n) is 6.54. The molecular weight excluding hydrogens is 238 g/mol. The molecule has 1 saturated heterocycles. The van der Waals surface area contributed by atoms with Crippen LogP contribution >= 0.6 is 0 Å². The first-order valence-electron chi connectivity index (χ1n) is 7.59. The summed E-state index contributed by atoms with van der Waals surface area (Å²) in [6.07, 6.45) is 2.33. The van der Waals surface area contributed by atoms with Gasteiger partial charge in [0.1, 0.15) is 0 Å². The first-order chi connectivity index (χ1) is 8.95. The molecule has 1 unspecified atom stereocenters. The van der Waals surface area contributed by atoms with Gasteiger partial charge in [-0.2, -0.15) is 0 Å². The van der Waals surface area contributed by atoms with Crippen LogP contribution in [-0.2, 0) is 4.74 Å². The summed E-state index contributed by atoms with van der Waals surface area (Å²) in [5.41, 5.74) is 6.28. The van der Waals surface area contributed by atoms with Crippen LogP contribution in [-0.4, -0.2) is 68.3 Å². The second-order valence-corrected chi connectivity index (χ2v) is 6.54. The van der Waals surface area contributed by atoms with Crippen LogP contribution in [0, 0.1) is 5.92 Å². The third kappa shape index (κ3) is 4.42. The number of rotatable bonds is 7. The lowest BCUT2D eigenvalue weighted by molar-refractivity contribution is -0.00425. The minimum atomic E-state index is 0.158. The lowest BCUT2D eigenvalue weighted by Crippen LogP contribution is -2.61. The molecule has 4 heteroatoms. The summed E-state index contributed by atoms with van der Waals surface area (Å²) in [5.74, 6) is 0.746. The van der Waals surface area contributed by atoms with Crippen molar-refractivity contribution in [2.24, 2.45) is 11.7 Å². The maximum Gasteiger partial charge on any atom is 0.0615 e. The first kappa shape index (κ1) is 16.9. The van der Waals surface area contributed by atoms with E-state index in [1.54, 1.807) is 7.11 Å². The largest absolute Gasteiger partial charge is 0.383 e. The smallest absolute Gasteiger partial charge is 0.0615 e. The standard InChI is InChI=1S/C15H33N3O/c1-13(2)10-18-8-6-15(12-16,7-9-18)17(4)14(3)11-19-5/h13-14H,6-12,16H2,1-5H3. The van der Waals surface area contributed by atoms with Crippen LogP contribution in [0.5, 0.6) is 0 Å². The molecule has 1 aliphatic heterocycles. The summed E-state index contributed by atoms with van der Waals surface area (Å²) in [4.78, 5) is 5.02. The molecule has 1 atom stereocenters. The Morgan fingerprint density at radius 1 is 1.26 bits per heavy atom. The molecule has 0 aromatic rings. The maximum absolute atomic E-state index is 6.12. The van der Waals surface area contributed by atoms with Gasteiger partial charge in [-0.25, -0.2) is 0 Å². The maximum atomic E-state index is 6.12. The Balaban J connectivity index is 2.59. The number of hydrogen-bond acceptors (Lipinski definition) is 4. The van der Waals surface area contributed by atoms with Gasteiger partial charge in [0, 0.05) is 31.8 Å². The van der Waals surface area contributed by atoms with Gasteiger partial charge in [0.2, 0.25) is 0 Å². The fourth-order valence-corrected chi connectivity index (χ4v) is 3.19. The van der Waals surface area contributed by atoms with Crippen LogP contribution in [0.15, 0.2) is 0 Å². The number of piperidine rings is 1. The fraction of sp³-hybridized carbons (Fsp3) is 1.00. The Morgan fingerprint density at radius 2 is 1.84 bits per heavy atom. The molecular formula is C15H33N3O. The highest BCUT2D eigenvalue weighted by molar-refractivity contribution is 4.96. The van der Waals surface area contributed by atoms with Gasteiger partial charge in [-0.1, -0.05) is 13.8 Å².